The highest BCUT2D eigenvalue weighted by atomic mass is 16.2. The van der Waals surface area contributed by atoms with Crippen molar-refractivity contribution >= 4 is 5.91 Å². The van der Waals surface area contributed by atoms with E-state index in [-0.39, 0.29) is 5.91 Å². The number of amides is 1. The molecule has 0 spiro atoms. The van der Waals surface area contributed by atoms with Crippen LogP contribution in [0, 0.1) is 5.92 Å². The number of hydrogen-bond acceptors (Lipinski definition) is 3. The average Bonchev–Trinajstić information content (AvgIpc) is 3.01. The number of nitrogens with zero attached hydrogens (tertiary/aromatic N) is 1. The maximum atomic E-state index is 11.7. The Labute approximate surface area is 109 Å². The molecule has 3 rings (SSSR count). The van der Waals surface area contributed by atoms with Gasteiger partial charge < -0.3 is 10.6 Å². The van der Waals surface area contributed by atoms with E-state index in [2.05, 4.69) is 15.5 Å². The monoisotopic (exact) mass is 251 g/mol. The molecule has 2 N–H and O–H groups in total. The summed E-state index contributed by atoms with van der Waals surface area (Å²) in [7, 11) is 0. The van der Waals surface area contributed by atoms with E-state index in [1.54, 1.807) is 0 Å². The zero-order valence-corrected chi connectivity index (χ0v) is 11.2. The van der Waals surface area contributed by atoms with Gasteiger partial charge >= 0.3 is 0 Å². The summed E-state index contributed by atoms with van der Waals surface area (Å²) in [5, 5.41) is 6.69. The second-order valence-corrected chi connectivity index (χ2v) is 6.16. The molecule has 1 aliphatic carbocycles. The van der Waals surface area contributed by atoms with Gasteiger partial charge in [0.05, 0.1) is 6.54 Å². The van der Waals surface area contributed by atoms with E-state index in [0.29, 0.717) is 12.6 Å². The summed E-state index contributed by atoms with van der Waals surface area (Å²) >= 11 is 0. The summed E-state index contributed by atoms with van der Waals surface area (Å²) in [5.74, 6) is 1.07. The van der Waals surface area contributed by atoms with Crippen molar-refractivity contribution < 1.29 is 4.79 Å². The quantitative estimate of drug-likeness (QED) is 0.774. The van der Waals surface area contributed by atoms with Crippen LogP contribution in [-0.2, 0) is 4.79 Å². The number of piperidine rings is 1. The Kier molecular flexibility index (Phi) is 3.85. The minimum atomic E-state index is 0.231. The molecule has 0 bridgehead atoms. The molecule has 1 atom stereocenters. The van der Waals surface area contributed by atoms with Crippen molar-refractivity contribution in [3.05, 3.63) is 0 Å². The van der Waals surface area contributed by atoms with Crippen LogP contribution in [-0.4, -0.2) is 49.1 Å². The topological polar surface area (TPSA) is 44.4 Å². The molecule has 1 saturated carbocycles. The fraction of sp³-hybridized carbons (Fsp3) is 0.929. The third-order valence-corrected chi connectivity index (χ3v) is 4.61. The van der Waals surface area contributed by atoms with Gasteiger partial charge in [0.1, 0.15) is 0 Å². The molecule has 3 fully saturated rings. The highest BCUT2D eigenvalue weighted by Crippen LogP contribution is 2.25. The van der Waals surface area contributed by atoms with Gasteiger partial charge in [-0.15, -0.1) is 0 Å². The van der Waals surface area contributed by atoms with Gasteiger partial charge in [-0.25, -0.2) is 0 Å². The van der Waals surface area contributed by atoms with Crippen molar-refractivity contribution in [1.29, 1.82) is 0 Å². The molecule has 3 aliphatic rings. The van der Waals surface area contributed by atoms with Crippen molar-refractivity contribution in [3.8, 4) is 0 Å². The van der Waals surface area contributed by atoms with E-state index in [9.17, 15) is 4.79 Å². The van der Waals surface area contributed by atoms with E-state index >= 15 is 0 Å². The standard InChI is InChI=1S/C14H25N3O/c18-14(16-12-3-4-12)10-17-8-5-11(6-9-17)13-2-1-7-15-13/h11-13,15H,1-10H2,(H,16,18). The maximum absolute atomic E-state index is 11.7. The van der Waals surface area contributed by atoms with E-state index < -0.39 is 0 Å². The minimum Gasteiger partial charge on any atom is -0.352 e. The molecule has 2 heterocycles. The van der Waals surface area contributed by atoms with Crippen molar-refractivity contribution in [2.75, 3.05) is 26.2 Å². The third-order valence-electron chi connectivity index (χ3n) is 4.61. The van der Waals surface area contributed by atoms with Gasteiger partial charge in [-0.3, -0.25) is 9.69 Å². The molecule has 0 aromatic heterocycles. The van der Waals surface area contributed by atoms with Gasteiger partial charge in [0.2, 0.25) is 5.91 Å². The van der Waals surface area contributed by atoms with E-state index in [4.69, 9.17) is 0 Å². The fourth-order valence-corrected chi connectivity index (χ4v) is 3.33. The van der Waals surface area contributed by atoms with Gasteiger partial charge in [0, 0.05) is 12.1 Å². The Hall–Kier alpha value is -0.610. The molecule has 4 heteroatoms. The van der Waals surface area contributed by atoms with Crippen LogP contribution in [0.4, 0.5) is 0 Å². The second-order valence-electron chi connectivity index (χ2n) is 6.16. The van der Waals surface area contributed by atoms with Crippen LogP contribution in [0.2, 0.25) is 0 Å². The first-order valence-corrected chi connectivity index (χ1v) is 7.56. The van der Waals surface area contributed by atoms with Crippen LogP contribution >= 0.6 is 0 Å². The molecule has 1 amide bonds. The Bertz CT molecular complexity index is 289. The summed E-state index contributed by atoms with van der Waals surface area (Å²) in [6.45, 7) is 4.01. The Morgan fingerprint density at radius 3 is 2.56 bits per heavy atom. The lowest BCUT2D eigenvalue weighted by atomic mass is 9.88. The third kappa shape index (κ3) is 3.23. The smallest absolute Gasteiger partial charge is 0.234 e. The Balaban J connectivity index is 1.37. The molecule has 2 aliphatic heterocycles. The van der Waals surface area contributed by atoms with Crippen LogP contribution in [0.5, 0.6) is 0 Å². The summed E-state index contributed by atoms with van der Waals surface area (Å²) in [4.78, 5) is 14.1. The molecule has 0 aromatic rings. The fourth-order valence-electron chi connectivity index (χ4n) is 3.33. The summed E-state index contributed by atoms with van der Waals surface area (Å²) in [5.41, 5.74) is 0. The lowest BCUT2D eigenvalue weighted by molar-refractivity contribution is -0.122. The van der Waals surface area contributed by atoms with Gasteiger partial charge in [-0.05, 0) is 64.1 Å². The first kappa shape index (κ1) is 12.4. The number of hydrogen-bond donors (Lipinski definition) is 2. The van der Waals surface area contributed by atoms with Crippen LogP contribution in [0.25, 0.3) is 0 Å². The SMILES string of the molecule is O=C(CN1CCC(C2CCCN2)CC1)NC1CC1. The second kappa shape index (κ2) is 5.57. The van der Waals surface area contributed by atoms with Crippen LogP contribution in [0.1, 0.15) is 38.5 Å². The highest BCUT2D eigenvalue weighted by molar-refractivity contribution is 5.78. The van der Waals surface area contributed by atoms with Crippen molar-refractivity contribution in [1.82, 2.24) is 15.5 Å². The van der Waals surface area contributed by atoms with E-state index in [1.807, 2.05) is 0 Å². The Morgan fingerprint density at radius 1 is 1.17 bits per heavy atom. The average molecular weight is 251 g/mol. The number of likely N-dealkylation sites (tertiary alicyclic amines) is 1. The summed E-state index contributed by atoms with van der Waals surface area (Å²) < 4.78 is 0. The summed E-state index contributed by atoms with van der Waals surface area (Å²) in [6, 6.07) is 1.25. The van der Waals surface area contributed by atoms with Crippen molar-refractivity contribution in [3.63, 3.8) is 0 Å². The molecule has 1 unspecified atom stereocenters. The van der Waals surface area contributed by atoms with Gasteiger partial charge in [0.25, 0.3) is 0 Å². The zero-order valence-electron chi connectivity index (χ0n) is 11.2. The van der Waals surface area contributed by atoms with Gasteiger partial charge in [-0.1, -0.05) is 0 Å². The molecule has 18 heavy (non-hydrogen) atoms. The summed E-state index contributed by atoms with van der Waals surface area (Å²) in [6.07, 6.45) is 7.58. The van der Waals surface area contributed by atoms with Gasteiger partial charge in [0.15, 0.2) is 0 Å². The van der Waals surface area contributed by atoms with Crippen LogP contribution < -0.4 is 10.6 Å². The van der Waals surface area contributed by atoms with Crippen LogP contribution in [0.15, 0.2) is 0 Å². The minimum absolute atomic E-state index is 0.231. The van der Waals surface area contributed by atoms with E-state index in [0.717, 1.165) is 25.0 Å². The maximum Gasteiger partial charge on any atom is 0.234 e. The molecule has 2 saturated heterocycles. The number of rotatable bonds is 4. The first-order valence-electron chi connectivity index (χ1n) is 7.56. The molecule has 0 radical (unpaired) electrons. The molecular formula is C14H25N3O. The van der Waals surface area contributed by atoms with E-state index in [1.165, 1.54) is 45.1 Å². The van der Waals surface area contributed by atoms with Gasteiger partial charge in [-0.2, -0.15) is 0 Å². The number of carbonyl (C=O) groups excluding carboxylic acids is 1. The predicted octanol–water partition coefficient (Wildman–Crippen LogP) is 0.729. The first-order chi connectivity index (χ1) is 8.81. The predicted molar refractivity (Wildman–Crippen MR) is 71.4 cm³/mol. The zero-order chi connectivity index (χ0) is 12.4. The van der Waals surface area contributed by atoms with Crippen molar-refractivity contribution in [2.45, 2.75) is 50.6 Å². The van der Waals surface area contributed by atoms with Crippen LogP contribution in [0.3, 0.4) is 0 Å². The Morgan fingerprint density at radius 2 is 1.94 bits per heavy atom. The molecular weight excluding hydrogens is 226 g/mol. The highest BCUT2D eigenvalue weighted by Gasteiger charge is 2.29. The lowest BCUT2D eigenvalue weighted by Gasteiger charge is -2.34. The largest absolute Gasteiger partial charge is 0.352 e. The van der Waals surface area contributed by atoms with Crippen molar-refractivity contribution in [2.24, 2.45) is 5.92 Å². The molecule has 102 valence electrons. The lowest BCUT2D eigenvalue weighted by Crippen LogP contribution is -2.45. The normalized spacial score (nSPS) is 30.6. The number of carbonyl (C=O) groups is 1. The molecule has 0 aromatic carbocycles. The number of nitrogens with one attached hydrogen (secondary N) is 2. The molecule has 4 nitrogen and oxygen atoms in total.